The van der Waals surface area contributed by atoms with Crippen LogP contribution in [0.25, 0.3) is 0 Å². The first-order valence-corrected chi connectivity index (χ1v) is 12.4. The van der Waals surface area contributed by atoms with Crippen molar-refractivity contribution in [2.24, 2.45) is 5.92 Å². The summed E-state index contributed by atoms with van der Waals surface area (Å²) in [4.78, 5) is 0. The van der Waals surface area contributed by atoms with Gasteiger partial charge in [-0.05, 0) is 57.1 Å². The van der Waals surface area contributed by atoms with Gasteiger partial charge >= 0.3 is 0 Å². The Bertz CT molecular complexity index is 500. The van der Waals surface area contributed by atoms with Crippen molar-refractivity contribution in [1.82, 2.24) is 10.6 Å². The summed E-state index contributed by atoms with van der Waals surface area (Å²) in [5, 5.41) is 7.70. The lowest BCUT2D eigenvalue weighted by Gasteiger charge is -2.40. The molecular formula is C17H32N2O3S2. The Balaban J connectivity index is 1.47. The predicted molar refractivity (Wildman–Crippen MR) is 100 cm³/mol. The lowest BCUT2D eigenvalue weighted by Crippen LogP contribution is -2.59. The van der Waals surface area contributed by atoms with Crippen LogP contribution in [0.1, 0.15) is 45.4 Å². The van der Waals surface area contributed by atoms with E-state index in [0.717, 1.165) is 38.8 Å². The van der Waals surface area contributed by atoms with E-state index in [0.29, 0.717) is 17.2 Å². The minimum Gasteiger partial charge on any atom is -0.358 e. The minimum absolute atomic E-state index is 0.0765. The van der Waals surface area contributed by atoms with Gasteiger partial charge in [0, 0.05) is 30.6 Å². The van der Waals surface area contributed by atoms with Crippen molar-refractivity contribution < 1.29 is 13.2 Å². The number of hydrogen-bond donors (Lipinski definition) is 2. The molecule has 3 unspecified atom stereocenters. The molecule has 5 nitrogen and oxygen atoms in total. The number of ether oxygens (including phenoxy) is 1. The zero-order chi connectivity index (χ0) is 17.2. The van der Waals surface area contributed by atoms with E-state index in [1.807, 2.05) is 11.8 Å². The summed E-state index contributed by atoms with van der Waals surface area (Å²) in [6.45, 7) is 4.02. The Hall–Kier alpha value is 0.180. The van der Waals surface area contributed by atoms with Gasteiger partial charge in [-0.1, -0.05) is 0 Å². The van der Waals surface area contributed by atoms with Crippen LogP contribution in [0.15, 0.2) is 0 Å². The lowest BCUT2D eigenvalue weighted by molar-refractivity contribution is -0.0428. The maximum Gasteiger partial charge on any atom is 0.150 e. The molecule has 0 bridgehead atoms. The van der Waals surface area contributed by atoms with E-state index in [-0.39, 0.29) is 17.6 Å². The summed E-state index contributed by atoms with van der Waals surface area (Å²) in [7, 11) is -2.88. The largest absolute Gasteiger partial charge is 0.358 e. The Morgan fingerprint density at radius 2 is 1.88 bits per heavy atom. The molecule has 3 aliphatic rings. The second-order valence-corrected chi connectivity index (χ2v) is 11.4. The highest BCUT2D eigenvalue weighted by atomic mass is 32.2. The third-order valence-corrected chi connectivity index (χ3v) is 9.11. The van der Waals surface area contributed by atoms with Crippen molar-refractivity contribution in [2.45, 2.75) is 74.3 Å². The molecule has 3 rings (SSSR count). The Kier molecular flexibility index (Phi) is 6.52. The number of hydrogen-bond acceptors (Lipinski definition) is 6. The van der Waals surface area contributed by atoms with Gasteiger partial charge in [-0.15, -0.1) is 0 Å². The number of nitrogens with one attached hydrogen (secondary N) is 2. The molecule has 24 heavy (non-hydrogen) atoms. The van der Waals surface area contributed by atoms with Crippen molar-refractivity contribution in [3.8, 4) is 0 Å². The summed E-state index contributed by atoms with van der Waals surface area (Å²) in [6.07, 6.45) is 7.94. The molecule has 4 atom stereocenters. The maximum absolute atomic E-state index is 11.7. The van der Waals surface area contributed by atoms with Crippen LogP contribution >= 0.6 is 11.8 Å². The molecule has 0 aromatic carbocycles. The first-order chi connectivity index (χ1) is 11.4. The van der Waals surface area contributed by atoms with Crippen molar-refractivity contribution in [2.75, 3.05) is 25.1 Å². The van der Waals surface area contributed by atoms with Crippen LogP contribution in [0.4, 0.5) is 0 Å². The van der Waals surface area contributed by atoms with Gasteiger partial charge in [0.2, 0.25) is 0 Å². The van der Waals surface area contributed by atoms with E-state index >= 15 is 0 Å². The molecule has 1 saturated carbocycles. The summed E-state index contributed by atoms with van der Waals surface area (Å²) in [5.74, 6) is 1.82. The summed E-state index contributed by atoms with van der Waals surface area (Å²) in [5.41, 5.74) is 0. The molecule has 0 spiro atoms. The van der Waals surface area contributed by atoms with Crippen molar-refractivity contribution in [3.05, 3.63) is 0 Å². The Morgan fingerprint density at radius 3 is 2.50 bits per heavy atom. The molecule has 2 heterocycles. The molecule has 0 aromatic rings. The molecule has 2 N–H and O–H groups in total. The van der Waals surface area contributed by atoms with Gasteiger partial charge in [-0.3, -0.25) is 5.32 Å². The van der Waals surface area contributed by atoms with E-state index in [1.165, 1.54) is 24.9 Å². The van der Waals surface area contributed by atoms with Crippen molar-refractivity contribution >= 4 is 21.6 Å². The highest BCUT2D eigenvalue weighted by molar-refractivity contribution is 8.00. The Morgan fingerprint density at radius 1 is 1.12 bits per heavy atom. The molecule has 0 radical (unpaired) electrons. The second-order valence-electron chi connectivity index (χ2n) is 7.68. The van der Waals surface area contributed by atoms with Gasteiger partial charge < -0.3 is 10.1 Å². The SMILES string of the molecule is C[C@@H](OC1CNCC(C2CCC(S(C)(=O)=O)CC2)N1)C1CCCS1. The quantitative estimate of drug-likeness (QED) is 0.762. The van der Waals surface area contributed by atoms with Crippen LogP contribution < -0.4 is 10.6 Å². The standard InChI is InChI=1S/C17H32N2O3S2/c1-12(16-4-3-9-23-16)22-17-11-18-10-15(19-17)13-5-7-14(8-6-13)24(2,20)21/h12-19H,3-11H2,1-2H3/t12-,13?,14?,15?,16?,17?/m1/s1. The lowest BCUT2D eigenvalue weighted by atomic mass is 9.83. The number of rotatable bonds is 5. The van der Waals surface area contributed by atoms with E-state index in [1.54, 1.807) is 0 Å². The Labute approximate surface area is 151 Å². The van der Waals surface area contributed by atoms with E-state index in [9.17, 15) is 8.42 Å². The first kappa shape index (κ1) is 19.0. The third-order valence-electron chi connectivity index (χ3n) is 5.85. The molecule has 1 aliphatic carbocycles. The molecule has 3 fully saturated rings. The molecule has 2 aliphatic heterocycles. The van der Waals surface area contributed by atoms with E-state index in [4.69, 9.17) is 4.74 Å². The fourth-order valence-corrected chi connectivity index (χ4v) is 6.79. The highest BCUT2D eigenvalue weighted by Crippen LogP contribution is 2.32. The van der Waals surface area contributed by atoms with Crippen LogP contribution in [-0.4, -0.2) is 62.4 Å². The number of sulfone groups is 1. The predicted octanol–water partition coefficient (Wildman–Crippen LogP) is 1.78. The summed E-state index contributed by atoms with van der Waals surface area (Å²) in [6, 6.07) is 0.396. The zero-order valence-corrected chi connectivity index (χ0v) is 16.5. The van der Waals surface area contributed by atoms with E-state index < -0.39 is 9.84 Å². The van der Waals surface area contributed by atoms with Gasteiger partial charge in [-0.25, -0.2) is 8.42 Å². The van der Waals surface area contributed by atoms with Gasteiger partial charge in [0.05, 0.1) is 11.4 Å². The third kappa shape index (κ3) is 4.87. The van der Waals surface area contributed by atoms with Crippen LogP contribution in [0.5, 0.6) is 0 Å². The first-order valence-electron chi connectivity index (χ1n) is 9.36. The van der Waals surface area contributed by atoms with Crippen LogP contribution in [0, 0.1) is 5.92 Å². The average molecular weight is 377 g/mol. The summed E-state index contributed by atoms with van der Waals surface area (Å²) < 4.78 is 29.7. The summed E-state index contributed by atoms with van der Waals surface area (Å²) >= 11 is 2.04. The molecule has 2 saturated heterocycles. The molecular weight excluding hydrogens is 344 g/mol. The van der Waals surface area contributed by atoms with Crippen LogP contribution in [0.2, 0.25) is 0 Å². The molecule has 0 amide bonds. The normalized spacial score (nSPS) is 39.7. The molecule has 140 valence electrons. The van der Waals surface area contributed by atoms with Gasteiger partial charge in [-0.2, -0.15) is 11.8 Å². The monoisotopic (exact) mass is 376 g/mol. The molecule has 7 heteroatoms. The van der Waals surface area contributed by atoms with E-state index in [2.05, 4.69) is 17.6 Å². The van der Waals surface area contributed by atoms with Crippen LogP contribution in [-0.2, 0) is 14.6 Å². The molecule has 0 aromatic heterocycles. The topological polar surface area (TPSA) is 67.4 Å². The van der Waals surface area contributed by atoms with Crippen molar-refractivity contribution in [3.63, 3.8) is 0 Å². The number of thioether (sulfide) groups is 1. The van der Waals surface area contributed by atoms with Gasteiger partial charge in [0.1, 0.15) is 16.1 Å². The average Bonchev–Trinajstić information content (AvgIpc) is 3.09. The fraction of sp³-hybridized carbons (Fsp3) is 1.00. The van der Waals surface area contributed by atoms with Crippen molar-refractivity contribution in [1.29, 1.82) is 0 Å². The van der Waals surface area contributed by atoms with Gasteiger partial charge in [0.25, 0.3) is 0 Å². The smallest absolute Gasteiger partial charge is 0.150 e. The maximum atomic E-state index is 11.7. The fourth-order valence-electron chi connectivity index (χ4n) is 4.36. The zero-order valence-electron chi connectivity index (χ0n) is 14.9. The number of piperazine rings is 1. The highest BCUT2D eigenvalue weighted by Gasteiger charge is 2.35. The minimum atomic E-state index is -2.88. The van der Waals surface area contributed by atoms with Crippen LogP contribution in [0.3, 0.4) is 0 Å². The van der Waals surface area contributed by atoms with Gasteiger partial charge in [0.15, 0.2) is 0 Å². The second kappa shape index (κ2) is 8.25.